The third kappa shape index (κ3) is 1.55. The number of hydrogen-bond acceptors (Lipinski definition) is 2. The topological polar surface area (TPSA) is 34.1 Å². The Morgan fingerprint density at radius 3 is 2.36 bits per heavy atom. The fourth-order valence-corrected chi connectivity index (χ4v) is 0.904. The highest BCUT2D eigenvalue weighted by molar-refractivity contribution is 6.35. The van der Waals surface area contributed by atoms with Crippen molar-refractivity contribution in [2.45, 2.75) is 0 Å². The van der Waals surface area contributed by atoms with Crippen molar-refractivity contribution < 1.29 is 9.59 Å². The van der Waals surface area contributed by atoms with Crippen molar-refractivity contribution in [1.29, 1.82) is 0 Å². The molecule has 0 aliphatic rings. The third-order valence-electron chi connectivity index (χ3n) is 1.56. The highest BCUT2D eigenvalue weighted by Crippen LogP contribution is 1.95. The lowest BCUT2D eigenvalue weighted by Gasteiger charge is -1.97. The van der Waals surface area contributed by atoms with E-state index in [1.54, 1.807) is 26.0 Å². The van der Waals surface area contributed by atoms with Crippen molar-refractivity contribution >= 4 is 25.9 Å². The van der Waals surface area contributed by atoms with E-state index in [0.717, 1.165) is 18.0 Å². The van der Waals surface area contributed by atoms with Gasteiger partial charge in [-0.3, -0.25) is 9.59 Å². The Hall–Kier alpha value is -1.38. The maximum absolute atomic E-state index is 10.3. The van der Waals surface area contributed by atoms with E-state index < -0.39 is 0 Å². The van der Waals surface area contributed by atoms with E-state index in [1.807, 2.05) is 0 Å². The quantitative estimate of drug-likeness (QED) is 0.419. The first-order valence-corrected chi connectivity index (χ1v) is 3.29. The van der Waals surface area contributed by atoms with Crippen molar-refractivity contribution in [3.05, 3.63) is 29.3 Å². The van der Waals surface area contributed by atoms with Gasteiger partial charge in [-0.15, -0.1) is 0 Å². The second-order valence-electron chi connectivity index (χ2n) is 2.35. The zero-order valence-corrected chi connectivity index (χ0v) is 6.20. The summed E-state index contributed by atoms with van der Waals surface area (Å²) in [5, 5.41) is 0. The standard InChI is InChI=1S/C8H7BO2/c9-8-3-6(4-10)1-2-7(8)5-11/h1-5H,9H2. The minimum absolute atomic E-state index is 0.605. The van der Waals surface area contributed by atoms with E-state index in [1.165, 1.54) is 0 Å². The van der Waals surface area contributed by atoms with E-state index in [9.17, 15) is 9.59 Å². The Balaban J connectivity index is 3.18. The molecule has 0 aliphatic carbocycles. The highest BCUT2D eigenvalue weighted by atomic mass is 16.1. The number of aldehydes is 2. The summed E-state index contributed by atoms with van der Waals surface area (Å²) < 4.78 is 0. The average molecular weight is 146 g/mol. The van der Waals surface area contributed by atoms with Gasteiger partial charge in [0, 0.05) is 11.1 Å². The first-order valence-electron chi connectivity index (χ1n) is 3.29. The average Bonchev–Trinajstić information content (AvgIpc) is 2.04. The molecule has 3 heteroatoms. The molecule has 0 radical (unpaired) electrons. The molecule has 2 nitrogen and oxygen atoms in total. The zero-order chi connectivity index (χ0) is 8.27. The van der Waals surface area contributed by atoms with Gasteiger partial charge in [0.15, 0.2) is 0 Å². The van der Waals surface area contributed by atoms with Crippen molar-refractivity contribution in [2.75, 3.05) is 0 Å². The maximum atomic E-state index is 10.3. The molecule has 0 unspecified atom stereocenters. The fourth-order valence-electron chi connectivity index (χ4n) is 0.904. The van der Waals surface area contributed by atoms with Crippen LogP contribution in [0.2, 0.25) is 0 Å². The second kappa shape index (κ2) is 3.15. The summed E-state index contributed by atoms with van der Waals surface area (Å²) in [5.41, 5.74) is 2.08. The van der Waals surface area contributed by atoms with E-state index in [2.05, 4.69) is 0 Å². The van der Waals surface area contributed by atoms with Gasteiger partial charge in [-0.05, 0) is 0 Å². The molecule has 0 heterocycles. The summed E-state index contributed by atoms with van der Waals surface area (Å²) in [7, 11) is 1.80. The van der Waals surface area contributed by atoms with Gasteiger partial charge in [0.2, 0.25) is 0 Å². The monoisotopic (exact) mass is 146 g/mol. The van der Waals surface area contributed by atoms with Crippen molar-refractivity contribution in [1.82, 2.24) is 0 Å². The Bertz CT molecular complexity index is 294. The van der Waals surface area contributed by atoms with Crippen LogP contribution in [0.4, 0.5) is 0 Å². The van der Waals surface area contributed by atoms with Gasteiger partial charge in [-0.2, -0.15) is 0 Å². The van der Waals surface area contributed by atoms with Gasteiger partial charge in [0.05, 0.1) is 0 Å². The van der Waals surface area contributed by atoms with E-state index >= 15 is 0 Å². The lowest BCUT2D eigenvalue weighted by molar-refractivity contribution is 0.111. The van der Waals surface area contributed by atoms with E-state index in [0.29, 0.717) is 11.1 Å². The van der Waals surface area contributed by atoms with Gasteiger partial charge < -0.3 is 0 Å². The minimum Gasteiger partial charge on any atom is -0.298 e. The smallest absolute Gasteiger partial charge is 0.150 e. The van der Waals surface area contributed by atoms with Crippen LogP contribution in [0.15, 0.2) is 18.2 Å². The van der Waals surface area contributed by atoms with Crippen LogP contribution in [0.5, 0.6) is 0 Å². The molecule has 0 aromatic heterocycles. The first-order chi connectivity index (χ1) is 5.27. The van der Waals surface area contributed by atoms with Crippen LogP contribution in [0, 0.1) is 0 Å². The predicted molar refractivity (Wildman–Crippen MR) is 45.4 cm³/mol. The first kappa shape index (κ1) is 7.73. The van der Waals surface area contributed by atoms with Gasteiger partial charge in [-0.1, -0.05) is 23.7 Å². The lowest BCUT2D eigenvalue weighted by atomic mass is 9.90. The molecule has 0 atom stereocenters. The number of rotatable bonds is 2. The van der Waals surface area contributed by atoms with Gasteiger partial charge in [0.25, 0.3) is 0 Å². The fraction of sp³-hybridized carbons (Fsp3) is 0. The summed E-state index contributed by atoms with van der Waals surface area (Å²) in [6.45, 7) is 0. The molecule has 1 aromatic carbocycles. The predicted octanol–water partition coefficient (Wildman–Crippen LogP) is -0.430. The number of hydrogen-bond donors (Lipinski definition) is 0. The molecule has 1 rings (SSSR count). The molecule has 0 saturated carbocycles. The highest BCUT2D eigenvalue weighted by Gasteiger charge is 1.96. The van der Waals surface area contributed by atoms with Gasteiger partial charge in [-0.25, -0.2) is 0 Å². The SMILES string of the molecule is Bc1cc(C=O)ccc1C=O. The van der Waals surface area contributed by atoms with E-state index in [4.69, 9.17) is 0 Å². The Labute approximate surface area is 65.6 Å². The number of benzene rings is 1. The third-order valence-corrected chi connectivity index (χ3v) is 1.56. The summed E-state index contributed by atoms with van der Waals surface area (Å²) in [6.07, 6.45) is 1.55. The van der Waals surface area contributed by atoms with E-state index in [-0.39, 0.29) is 0 Å². The summed E-state index contributed by atoms with van der Waals surface area (Å²) >= 11 is 0. The summed E-state index contributed by atoms with van der Waals surface area (Å²) in [6, 6.07) is 4.96. The van der Waals surface area contributed by atoms with Crippen LogP contribution in [0.3, 0.4) is 0 Å². The van der Waals surface area contributed by atoms with Crippen LogP contribution in [0.25, 0.3) is 0 Å². The summed E-state index contributed by atoms with van der Waals surface area (Å²) in [5.74, 6) is 0. The van der Waals surface area contributed by atoms with Crippen molar-refractivity contribution in [2.24, 2.45) is 0 Å². The molecule has 0 spiro atoms. The van der Waals surface area contributed by atoms with Crippen LogP contribution < -0.4 is 5.46 Å². The number of carbonyl (C=O) groups is 2. The molecular weight excluding hydrogens is 139 g/mol. The maximum Gasteiger partial charge on any atom is 0.150 e. The largest absolute Gasteiger partial charge is 0.298 e. The van der Waals surface area contributed by atoms with Crippen LogP contribution in [-0.2, 0) is 0 Å². The number of carbonyl (C=O) groups excluding carboxylic acids is 2. The lowest BCUT2D eigenvalue weighted by Crippen LogP contribution is -2.10. The Kier molecular flexibility index (Phi) is 2.21. The molecule has 1 aromatic rings. The molecular formula is C8H7BO2. The molecule has 0 saturated heterocycles. The Morgan fingerprint density at radius 2 is 1.91 bits per heavy atom. The van der Waals surface area contributed by atoms with Gasteiger partial charge in [0.1, 0.15) is 20.4 Å². The summed E-state index contributed by atoms with van der Waals surface area (Å²) in [4.78, 5) is 20.6. The van der Waals surface area contributed by atoms with Gasteiger partial charge >= 0.3 is 0 Å². The van der Waals surface area contributed by atoms with Crippen LogP contribution >= 0.6 is 0 Å². The molecule has 54 valence electrons. The Morgan fingerprint density at radius 1 is 1.18 bits per heavy atom. The minimum atomic E-state index is 0.605. The molecule has 0 aliphatic heterocycles. The molecule has 0 bridgehead atoms. The molecule has 0 fully saturated rings. The second-order valence-corrected chi connectivity index (χ2v) is 2.35. The van der Waals surface area contributed by atoms with Crippen molar-refractivity contribution in [3.8, 4) is 0 Å². The molecule has 11 heavy (non-hydrogen) atoms. The van der Waals surface area contributed by atoms with Crippen molar-refractivity contribution in [3.63, 3.8) is 0 Å². The normalized spacial score (nSPS) is 9.09. The van der Waals surface area contributed by atoms with Crippen LogP contribution in [0.1, 0.15) is 20.7 Å². The molecule has 0 N–H and O–H groups in total. The molecule has 0 amide bonds. The zero-order valence-electron chi connectivity index (χ0n) is 6.20. The van der Waals surface area contributed by atoms with Crippen LogP contribution in [-0.4, -0.2) is 20.4 Å².